The van der Waals surface area contributed by atoms with Crippen LogP contribution in [0, 0.1) is 5.92 Å². The van der Waals surface area contributed by atoms with E-state index in [4.69, 9.17) is 4.42 Å². The molecule has 0 unspecified atom stereocenters. The second kappa shape index (κ2) is 13.9. The fraction of sp³-hybridized carbons (Fsp3) is 0.684. The van der Waals surface area contributed by atoms with Crippen molar-refractivity contribution in [1.29, 1.82) is 0 Å². The first-order valence-electron chi connectivity index (χ1n) is 9.59. The third-order valence-corrected chi connectivity index (χ3v) is 4.57. The molecule has 1 aromatic heterocycles. The first-order valence-corrected chi connectivity index (χ1v) is 9.59. The van der Waals surface area contributed by atoms with Crippen LogP contribution in [-0.4, -0.2) is 31.5 Å². The number of hydrogen-bond acceptors (Lipinski definition) is 3. The standard InChI is InChI=1S/C19H32N4O2.HI/c1-2-20-19(21-12-6-5-10-16-8-3-4-9-16)23-15-18(24)22-14-17-11-7-13-25-17;/h7,11,13,16H,2-6,8-10,12,14-15H2,1H3,(H,22,24)(H2,20,21,23);1H. The van der Waals surface area contributed by atoms with E-state index < -0.39 is 0 Å². The van der Waals surface area contributed by atoms with Crippen LogP contribution in [0.25, 0.3) is 0 Å². The van der Waals surface area contributed by atoms with Gasteiger partial charge in [0.1, 0.15) is 12.3 Å². The van der Waals surface area contributed by atoms with Crippen LogP contribution in [0.5, 0.6) is 0 Å². The number of rotatable bonds is 10. The summed E-state index contributed by atoms with van der Waals surface area (Å²) in [6.07, 6.45) is 11.0. The molecule has 0 radical (unpaired) electrons. The summed E-state index contributed by atoms with van der Waals surface area (Å²) in [4.78, 5) is 16.2. The summed E-state index contributed by atoms with van der Waals surface area (Å²) < 4.78 is 5.19. The minimum atomic E-state index is -0.116. The highest BCUT2D eigenvalue weighted by molar-refractivity contribution is 14.0. The lowest BCUT2D eigenvalue weighted by molar-refractivity contribution is -0.119. The van der Waals surface area contributed by atoms with Crippen molar-refractivity contribution in [2.24, 2.45) is 10.9 Å². The zero-order valence-electron chi connectivity index (χ0n) is 15.8. The molecule has 6 nitrogen and oxygen atoms in total. The smallest absolute Gasteiger partial charge is 0.242 e. The van der Waals surface area contributed by atoms with Crippen LogP contribution in [0.2, 0.25) is 0 Å². The minimum Gasteiger partial charge on any atom is -0.467 e. The molecule has 1 saturated carbocycles. The number of nitrogens with zero attached hydrogens (tertiary/aromatic N) is 1. The molecule has 2 rings (SSSR count). The van der Waals surface area contributed by atoms with E-state index in [1.807, 2.05) is 13.0 Å². The Morgan fingerprint density at radius 3 is 2.73 bits per heavy atom. The largest absolute Gasteiger partial charge is 0.467 e. The fourth-order valence-electron chi connectivity index (χ4n) is 3.21. The average Bonchev–Trinajstić information content (AvgIpc) is 3.31. The number of guanidine groups is 1. The van der Waals surface area contributed by atoms with Crippen LogP contribution in [0.3, 0.4) is 0 Å². The van der Waals surface area contributed by atoms with Gasteiger partial charge in [-0.3, -0.25) is 4.79 Å². The number of nitrogens with one attached hydrogen (secondary N) is 3. The molecule has 0 aromatic carbocycles. The molecule has 0 saturated heterocycles. The molecule has 0 spiro atoms. The summed E-state index contributed by atoms with van der Waals surface area (Å²) in [5.74, 6) is 2.29. The number of unbranched alkanes of at least 4 members (excludes halogenated alkanes) is 1. The Bertz CT molecular complexity index is 514. The first kappa shape index (κ1) is 22.8. The monoisotopic (exact) mass is 476 g/mol. The molecular weight excluding hydrogens is 443 g/mol. The Labute approximate surface area is 174 Å². The van der Waals surface area contributed by atoms with Gasteiger partial charge in [0.25, 0.3) is 0 Å². The number of halogens is 1. The SMILES string of the molecule is CCNC(=NCC(=O)NCc1ccco1)NCCCCC1CCCC1.I. The molecule has 1 amide bonds. The topological polar surface area (TPSA) is 78.7 Å². The van der Waals surface area contributed by atoms with Gasteiger partial charge in [-0.1, -0.05) is 38.5 Å². The van der Waals surface area contributed by atoms with Crippen molar-refractivity contribution < 1.29 is 9.21 Å². The fourth-order valence-corrected chi connectivity index (χ4v) is 3.21. The van der Waals surface area contributed by atoms with Crippen molar-refractivity contribution in [2.75, 3.05) is 19.6 Å². The third kappa shape index (κ3) is 9.45. The zero-order valence-corrected chi connectivity index (χ0v) is 18.1. The second-order valence-corrected chi connectivity index (χ2v) is 6.62. The number of furan rings is 1. The number of aliphatic imine (C=N–C) groups is 1. The maximum Gasteiger partial charge on any atom is 0.242 e. The predicted octanol–water partition coefficient (Wildman–Crippen LogP) is 3.43. The lowest BCUT2D eigenvalue weighted by Gasteiger charge is -2.12. The van der Waals surface area contributed by atoms with Crippen LogP contribution in [0.15, 0.2) is 27.8 Å². The normalized spacial score (nSPS) is 14.7. The quantitative estimate of drug-likeness (QED) is 0.209. The van der Waals surface area contributed by atoms with E-state index >= 15 is 0 Å². The molecule has 26 heavy (non-hydrogen) atoms. The molecule has 1 heterocycles. The van der Waals surface area contributed by atoms with Crippen LogP contribution in [0.4, 0.5) is 0 Å². The Morgan fingerprint density at radius 2 is 2.04 bits per heavy atom. The number of hydrogen-bond donors (Lipinski definition) is 3. The Balaban J connectivity index is 0.00000338. The molecule has 1 aromatic rings. The van der Waals surface area contributed by atoms with E-state index in [1.54, 1.807) is 12.3 Å². The van der Waals surface area contributed by atoms with Gasteiger partial charge in [0, 0.05) is 13.1 Å². The van der Waals surface area contributed by atoms with E-state index in [0.29, 0.717) is 12.5 Å². The molecule has 3 N–H and O–H groups in total. The Hall–Kier alpha value is -1.25. The molecule has 148 valence electrons. The van der Waals surface area contributed by atoms with Crippen molar-refractivity contribution in [2.45, 2.75) is 58.4 Å². The van der Waals surface area contributed by atoms with Crippen molar-refractivity contribution in [3.05, 3.63) is 24.2 Å². The number of carbonyl (C=O) groups excluding carboxylic acids is 1. The van der Waals surface area contributed by atoms with Gasteiger partial charge in [-0.25, -0.2) is 4.99 Å². The minimum absolute atomic E-state index is 0. The Kier molecular flexibility index (Phi) is 12.2. The van der Waals surface area contributed by atoms with Gasteiger partial charge in [-0.05, 0) is 31.4 Å². The van der Waals surface area contributed by atoms with E-state index in [0.717, 1.165) is 31.2 Å². The highest BCUT2D eigenvalue weighted by Gasteiger charge is 2.13. The highest BCUT2D eigenvalue weighted by Crippen LogP contribution is 2.28. The van der Waals surface area contributed by atoms with Gasteiger partial charge in [-0.15, -0.1) is 24.0 Å². The molecule has 1 fully saturated rings. The predicted molar refractivity (Wildman–Crippen MR) is 116 cm³/mol. The average molecular weight is 476 g/mol. The van der Waals surface area contributed by atoms with Crippen molar-refractivity contribution in [3.63, 3.8) is 0 Å². The van der Waals surface area contributed by atoms with Crippen molar-refractivity contribution in [1.82, 2.24) is 16.0 Å². The Morgan fingerprint density at radius 1 is 1.23 bits per heavy atom. The van der Waals surface area contributed by atoms with E-state index in [9.17, 15) is 4.79 Å². The third-order valence-electron chi connectivity index (χ3n) is 4.57. The molecule has 0 atom stereocenters. The van der Waals surface area contributed by atoms with Gasteiger partial charge in [-0.2, -0.15) is 0 Å². The number of amides is 1. The summed E-state index contributed by atoms with van der Waals surface area (Å²) in [5, 5.41) is 9.29. The van der Waals surface area contributed by atoms with Crippen LogP contribution < -0.4 is 16.0 Å². The van der Waals surface area contributed by atoms with Crippen LogP contribution in [0.1, 0.15) is 57.6 Å². The van der Waals surface area contributed by atoms with Crippen molar-refractivity contribution in [3.8, 4) is 0 Å². The first-order chi connectivity index (χ1) is 12.3. The second-order valence-electron chi connectivity index (χ2n) is 6.62. The van der Waals surface area contributed by atoms with Gasteiger partial charge in [0.2, 0.25) is 5.91 Å². The van der Waals surface area contributed by atoms with Gasteiger partial charge in [0.15, 0.2) is 5.96 Å². The molecule has 1 aliphatic carbocycles. The summed E-state index contributed by atoms with van der Waals surface area (Å²) in [5.41, 5.74) is 0. The zero-order chi connectivity index (χ0) is 17.7. The number of carbonyl (C=O) groups is 1. The highest BCUT2D eigenvalue weighted by atomic mass is 127. The summed E-state index contributed by atoms with van der Waals surface area (Å²) in [6, 6.07) is 3.64. The van der Waals surface area contributed by atoms with Crippen LogP contribution >= 0.6 is 24.0 Å². The van der Waals surface area contributed by atoms with Gasteiger partial charge < -0.3 is 20.4 Å². The molecule has 7 heteroatoms. The summed E-state index contributed by atoms with van der Waals surface area (Å²) in [7, 11) is 0. The van der Waals surface area contributed by atoms with E-state index in [-0.39, 0.29) is 36.4 Å². The molecule has 1 aliphatic rings. The lowest BCUT2D eigenvalue weighted by atomic mass is 10.0. The lowest BCUT2D eigenvalue weighted by Crippen LogP contribution is -2.38. The molecule has 0 bridgehead atoms. The molecule has 0 aliphatic heterocycles. The van der Waals surface area contributed by atoms with Gasteiger partial charge in [0.05, 0.1) is 12.8 Å². The summed E-state index contributed by atoms with van der Waals surface area (Å²) >= 11 is 0. The van der Waals surface area contributed by atoms with Gasteiger partial charge >= 0.3 is 0 Å². The van der Waals surface area contributed by atoms with Crippen LogP contribution in [-0.2, 0) is 11.3 Å². The van der Waals surface area contributed by atoms with E-state index in [2.05, 4.69) is 20.9 Å². The molecular formula is C19H33IN4O2. The maximum absolute atomic E-state index is 11.9. The summed E-state index contributed by atoms with van der Waals surface area (Å²) in [6.45, 7) is 4.20. The maximum atomic E-state index is 11.9. The van der Waals surface area contributed by atoms with Crippen molar-refractivity contribution >= 4 is 35.8 Å². The van der Waals surface area contributed by atoms with E-state index in [1.165, 1.54) is 38.5 Å².